The Morgan fingerprint density at radius 1 is 0.385 bits per heavy atom. The molecule has 0 spiro atoms. The number of aromatic nitrogens is 2. The predicted molar refractivity (Wildman–Crippen MR) is 227 cm³/mol. The average Bonchev–Trinajstić information content (AvgIpc) is 3.68. The second-order valence-corrected chi connectivity index (χ2v) is 15.3. The van der Waals surface area contributed by atoms with Crippen molar-refractivity contribution in [1.29, 1.82) is 0 Å². The molecule has 0 bridgehead atoms. The minimum Gasteiger partial charge on any atom is -0.308 e. The minimum absolute atomic E-state index is 0.315. The summed E-state index contributed by atoms with van der Waals surface area (Å²) in [4.78, 5) is 0. The maximum atomic E-state index is 4.31. The summed E-state index contributed by atoms with van der Waals surface area (Å²) in [5.41, 5.74) is 8.40. The maximum Gasteiger partial charge on any atom is 0.0657 e. The van der Waals surface area contributed by atoms with Crippen molar-refractivity contribution < 1.29 is 0 Å². The topological polar surface area (TPSA) is 9.86 Å². The molecule has 2 aromatic heterocycles. The summed E-state index contributed by atoms with van der Waals surface area (Å²) in [5, 5.41) is 15.1. The molecular weight excluding hydrogens is 696 g/mol. The van der Waals surface area contributed by atoms with E-state index in [9.17, 15) is 0 Å². The first-order valence-corrected chi connectivity index (χ1v) is 18.9. The molecule has 0 atom stereocenters. The van der Waals surface area contributed by atoms with Crippen LogP contribution in [0, 0.1) is 0 Å². The monoisotopic (exact) mass is 728 g/mol. The van der Waals surface area contributed by atoms with Crippen LogP contribution < -0.4 is 0 Å². The first kappa shape index (κ1) is 29.8. The van der Waals surface area contributed by atoms with Crippen LogP contribution in [0.4, 0.5) is 0 Å². The largest absolute Gasteiger partial charge is 0.308 e. The fourth-order valence-electron chi connectivity index (χ4n) is 8.74. The van der Waals surface area contributed by atoms with Gasteiger partial charge >= 0.3 is 0 Å². The fraction of sp³-hybridized carbons (Fsp3) is 0.0612. The van der Waals surface area contributed by atoms with Crippen LogP contribution in [0.15, 0.2) is 162 Å². The number of hydrogen-bond donors (Lipinski definition) is 0. The SMILES string of the molecule is CC(C)c1cc(-n2c3cc4ccccc4cc3c3c4ccccc4ccc32)c(Br)c(-n2c3cc4ccccc4cc3c3c4ccccc4ccc32)c1. The van der Waals surface area contributed by atoms with Crippen molar-refractivity contribution in [3.05, 3.63) is 168 Å². The molecule has 11 aromatic rings. The maximum absolute atomic E-state index is 4.31. The molecule has 9 aromatic carbocycles. The quantitative estimate of drug-likeness (QED) is 0.171. The Kier molecular flexibility index (Phi) is 6.33. The standard InChI is InChI=1S/C49H33BrN2/c1-29(2)36-27-45(51-41-21-19-30-11-7-9-17-37(30)47(41)39-23-32-13-3-5-15-34(32)25-43(39)51)49(50)46(28-36)52-42-22-20-31-12-8-10-18-38(31)48(42)40-24-33-14-4-6-16-35(33)26-44(40)52/h3-29H,1-2H3. The minimum atomic E-state index is 0.315. The zero-order valence-corrected chi connectivity index (χ0v) is 30.4. The lowest BCUT2D eigenvalue weighted by Crippen LogP contribution is -2.04. The molecule has 3 heteroatoms. The Morgan fingerprint density at radius 3 is 1.19 bits per heavy atom. The van der Waals surface area contributed by atoms with Gasteiger partial charge in [-0.05, 0) is 119 Å². The zero-order chi connectivity index (χ0) is 34.7. The molecule has 246 valence electrons. The van der Waals surface area contributed by atoms with Crippen LogP contribution in [0.2, 0.25) is 0 Å². The second kappa shape index (κ2) is 11.0. The first-order valence-electron chi connectivity index (χ1n) is 18.1. The van der Waals surface area contributed by atoms with Crippen molar-refractivity contribution in [3.63, 3.8) is 0 Å². The Morgan fingerprint density at radius 2 is 0.769 bits per heavy atom. The van der Waals surface area contributed by atoms with Crippen molar-refractivity contribution >= 4 is 103 Å². The number of rotatable bonds is 3. The first-order chi connectivity index (χ1) is 25.5. The van der Waals surface area contributed by atoms with E-state index in [0.717, 1.165) is 15.8 Å². The van der Waals surface area contributed by atoms with Gasteiger partial charge in [-0.3, -0.25) is 0 Å². The highest BCUT2D eigenvalue weighted by Crippen LogP contribution is 2.45. The lowest BCUT2D eigenvalue weighted by Gasteiger charge is -2.20. The number of fused-ring (bicyclic) bond motifs is 12. The Hall–Kier alpha value is -5.90. The van der Waals surface area contributed by atoms with Crippen molar-refractivity contribution in [3.8, 4) is 11.4 Å². The Balaban J connectivity index is 1.32. The van der Waals surface area contributed by atoms with E-state index in [0.29, 0.717) is 5.92 Å². The smallest absolute Gasteiger partial charge is 0.0657 e. The molecule has 0 saturated heterocycles. The van der Waals surface area contributed by atoms with Gasteiger partial charge < -0.3 is 9.13 Å². The molecule has 0 unspecified atom stereocenters. The van der Waals surface area contributed by atoms with Gasteiger partial charge in [0.25, 0.3) is 0 Å². The van der Waals surface area contributed by atoms with Crippen LogP contribution in [0.1, 0.15) is 25.3 Å². The van der Waals surface area contributed by atoms with Crippen LogP contribution in [0.25, 0.3) is 98.1 Å². The van der Waals surface area contributed by atoms with E-state index < -0.39 is 0 Å². The molecule has 0 aliphatic rings. The third kappa shape index (κ3) is 4.17. The molecule has 0 amide bonds. The van der Waals surface area contributed by atoms with E-state index in [-0.39, 0.29) is 0 Å². The van der Waals surface area contributed by atoms with E-state index in [1.807, 2.05) is 0 Å². The molecular formula is C49H33BrN2. The summed E-state index contributed by atoms with van der Waals surface area (Å²) < 4.78 is 6.07. The normalized spacial score (nSPS) is 12.3. The van der Waals surface area contributed by atoms with Gasteiger partial charge in [0, 0.05) is 21.5 Å². The van der Waals surface area contributed by atoms with Gasteiger partial charge in [-0.25, -0.2) is 0 Å². The van der Waals surface area contributed by atoms with Crippen molar-refractivity contribution in [1.82, 2.24) is 9.13 Å². The van der Waals surface area contributed by atoms with Gasteiger partial charge in [0.05, 0.1) is 37.9 Å². The van der Waals surface area contributed by atoms with Crippen LogP contribution in [0.5, 0.6) is 0 Å². The molecule has 0 fully saturated rings. The zero-order valence-electron chi connectivity index (χ0n) is 28.9. The van der Waals surface area contributed by atoms with Gasteiger partial charge in [0.15, 0.2) is 0 Å². The Bertz CT molecular complexity index is 3070. The van der Waals surface area contributed by atoms with Gasteiger partial charge in [-0.2, -0.15) is 0 Å². The molecule has 2 heterocycles. The average molecular weight is 730 g/mol. The summed E-state index contributed by atoms with van der Waals surface area (Å²) in [5.74, 6) is 0.315. The third-order valence-corrected chi connectivity index (χ3v) is 12.1. The number of hydrogen-bond acceptors (Lipinski definition) is 0. The van der Waals surface area contributed by atoms with Gasteiger partial charge in [0.1, 0.15) is 0 Å². The van der Waals surface area contributed by atoms with E-state index in [4.69, 9.17) is 0 Å². The molecule has 52 heavy (non-hydrogen) atoms. The van der Waals surface area contributed by atoms with Crippen LogP contribution >= 0.6 is 15.9 Å². The van der Waals surface area contributed by atoms with Gasteiger partial charge in [0.2, 0.25) is 0 Å². The number of nitrogens with zero attached hydrogens (tertiary/aromatic N) is 2. The van der Waals surface area contributed by atoms with Crippen molar-refractivity contribution in [2.45, 2.75) is 19.8 Å². The predicted octanol–water partition coefficient (Wildman–Crippen LogP) is 14.4. The third-order valence-electron chi connectivity index (χ3n) is 11.2. The van der Waals surface area contributed by atoms with Crippen LogP contribution in [-0.4, -0.2) is 9.13 Å². The molecule has 0 radical (unpaired) electrons. The molecule has 11 rings (SSSR count). The Labute approximate surface area is 309 Å². The second-order valence-electron chi connectivity index (χ2n) is 14.5. The highest BCUT2D eigenvalue weighted by Gasteiger charge is 2.23. The molecule has 0 saturated carbocycles. The summed E-state index contributed by atoms with van der Waals surface area (Å²) in [7, 11) is 0. The lowest BCUT2D eigenvalue weighted by molar-refractivity contribution is 0.861. The molecule has 0 aliphatic heterocycles. The van der Waals surface area contributed by atoms with Gasteiger partial charge in [-0.15, -0.1) is 0 Å². The van der Waals surface area contributed by atoms with E-state index in [1.54, 1.807) is 0 Å². The fourth-order valence-corrected chi connectivity index (χ4v) is 9.32. The number of benzene rings is 9. The highest BCUT2D eigenvalue weighted by atomic mass is 79.9. The summed E-state index contributed by atoms with van der Waals surface area (Å²) in [6.07, 6.45) is 0. The molecule has 0 N–H and O–H groups in total. The highest BCUT2D eigenvalue weighted by molar-refractivity contribution is 9.10. The van der Waals surface area contributed by atoms with Crippen LogP contribution in [-0.2, 0) is 0 Å². The van der Waals surface area contributed by atoms with E-state index >= 15 is 0 Å². The van der Waals surface area contributed by atoms with Crippen molar-refractivity contribution in [2.24, 2.45) is 0 Å². The number of halogens is 1. The molecule has 0 aliphatic carbocycles. The van der Waals surface area contributed by atoms with E-state index in [2.05, 4.69) is 197 Å². The van der Waals surface area contributed by atoms with Crippen molar-refractivity contribution in [2.75, 3.05) is 0 Å². The summed E-state index contributed by atoms with van der Waals surface area (Å²) >= 11 is 4.31. The summed E-state index contributed by atoms with van der Waals surface area (Å²) in [6, 6.07) is 58.6. The lowest BCUT2D eigenvalue weighted by atomic mass is 10.0. The summed E-state index contributed by atoms with van der Waals surface area (Å²) in [6.45, 7) is 4.60. The van der Waals surface area contributed by atoms with E-state index in [1.165, 1.54) is 92.3 Å². The van der Waals surface area contributed by atoms with Gasteiger partial charge in [-0.1, -0.05) is 123 Å². The molecule has 2 nitrogen and oxygen atoms in total. The van der Waals surface area contributed by atoms with Crippen LogP contribution in [0.3, 0.4) is 0 Å².